The van der Waals surface area contributed by atoms with Crippen LogP contribution in [0.5, 0.6) is 0 Å². The summed E-state index contributed by atoms with van der Waals surface area (Å²) in [5.41, 5.74) is 2.40. The Hall–Kier alpha value is -1.32. The molecule has 2 unspecified atom stereocenters. The van der Waals surface area contributed by atoms with E-state index in [-0.39, 0.29) is 11.8 Å². The molecule has 1 heterocycles. The molecule has 0 aliphatic heterocycles. The minimum atomic E-state index is -0.691. The van der Waals surface area contributed by atoms with Crippen LogP contribution in [0.1, 0.15) is 31.5 Å². The van der Waals surface area contributed by atoms with Gasteiger partial charge in [0.15, 0.2) is 0 Å². The van der Waals surface area contributed by atoms with Crippen LogP contribution in [0.2, 0.25) is 0 Å². The number of carbonyl (C=O) groups is 1. The van der Waals surface area contributed by atoms with E-state index in [1.165, 1.54) is 5.56 Å². The van der Waals surface area contributed by atoms with E-state index in [1.807, 2.05) is 4.68 Å². The van der Waals surface area contributed by atoms with E-state index < -0.39 is 5.97 Å². The third-order valence-corrected chi connectivity index (χ3v) is 3.59. The highest BCUT2D eigenvalue weighted by Crippen LogP contribution is 2.29. The van der Waals surface area contributed by atoms with Crippen LogP contribution in [0.3, 0.4) is 0 Å². The number of aryl methyl sites for hydroxylation is 2. The summed E-state index contributed by atoms with van der Waals surface area (Å²) >= 11 is 0. The first kappa shape index (κ1) is 11.2. The van der Waals surface area contributed by atoms with E-state index >= 15 is 0 Å². The van der Waals surface area contributed by atoms with Crippen molar-refractivity contribution < 1.29 is 9.90 Å². The van der Waals surface area contributed by atoms with Crippen molar-refractivity contribution in [2.45, 2.75) is 39.7 Å². The molecule has 1 aromatic rings. The molecule has 0 fully saturated rings. The molecule has 0 saturated heterocycles. The van der Waals surface area contributed by atoms with Gasteiger partial charge in [0.1, 0.15) is 0 Å². The number of hydrogen-bond donors (Lipinski definition) is 1. The van der Waals surface area contributed by atoms with Gasteiger partial charge in [0.2, 0.25) is 0 Å². The highest BCUT2D eigenvalue weighted by Gasteiger charge is 2.29. The second-order valence-corrected chi connectivity index (χ2v) is 4.59. The van der Waals surface area contributed by atoms with Gasteiger partial charge in [-0.05, 0) is 37.7 Å². The van der Waals surface area contributed by atoms with Gasteiger partial charge in [-0.1, -0.05) is 6.92 Å². The number of hydrogen-bond acceptors (Lipinski definition) is 2. The third-order valence-electron chi connectivity index (χ3n) is 3.59. The summed E-state index contributed by atoms with van der Waals surface area (Å²) in [5.74, 6) is -0.714. The summed E-state index contributed by atoms with van der Waals surface area (Å²) in [7, 11) is 0. The molecular weight excluding hydrogens is 204 g/mol. The van der Waals surface area contributed by atoms with Crippen LogP contribution in [0, 0.1) is 11.8 Å². The Labute approximate surface area is 95.3 Å². The van der Waals surface area contributed by atoms with Gasteiger partial charge in [-0.25, -0.2) is 0 Å². The number of aromatic nitrogens is 2. The summed E-state index contributed by atoms with van der Waals surface area (Å²) in [6.45, 7) is 4.75. The van der Waals surface area contributed by atoms with Crippen LogP contribution in [0.15, 0.2) is 6.20 Å². The fourth-order valence-electron chi connectivity index (χ4n) is 2.37. The molecule has 1 aromatic heterocycles. The average Bonchev–Trinajstić information content (AvgIpc) is 2.69. The van der Waals surface area contributed by atoms with Crippen molar-refractivity contribution in [3.05, 3.63) is 17.5 Å². The van der Waals surface area contributed by atoms with Crippen LogP contribution in [0.25, 0.3) is 0 Å². The fourth-order valence-corrected chi connectivity index (χ4v) is 2.37. The Morgan fingerprint density at radius 3 is 3.12 bits per heavy atom. The maximum absolute atomic E-state index is 10.9. The molecule has 4 heteroatoms. The largest absolute Gasteiger partial charge is 0.481 e. The van der Waals surface area contributed by atoms with Gasteiger partial charge in [0.25, 0.3) is 0 Å². The Bertz CT molecular complexity index is 398. The Balaban J connectivity index is 2.14. The lowest BCUT2D eigenvalue weighted by Gasteiger charge is -2.24. The Kier molecular flexibility index (Phi) is 2.99. The minimum Gasteiger partial charge on any atom is -0.481 e. The summed E-state index contributed by atoms with van der Waals surface area (Å²) in [6, 6.07) is 0. The van der Waals surface area contributed by atoms with Gasteiger partial charge < -0.3 is 5.11 Å². The molecule has 0 spiro atoms. The van der Waals surface area contributed by atoms with E-state index in [0.717, 1.165) is 31.5 Å². The molecule has 1 aliphatic rings. The predicted molar refractivity (Wildman–Crippen MR) is 60.2 cm³/mol. The first-order chi connectivity index (χ1) is 7.61. The van der Waals surface area contributed by atoms with E-state index in [2.05, 4.69) is 18.2 Å². The molecule has 0 bridgehead atoms. The standard InChI is InChI=1S/C12H18N2O2/c1-3-14-7-10-5-4-9(6-11(10)13-14)8(2)12(15)16/h7-9H,3-6H2,1-2H3,(H,15,16). The minimum absolute atomic E-state index is 0.241. The lowest BCUT2D eigenvalue weighted by atomic mass is 9.80. The van der Waals surface area contributed by atoms with Crippen LogP contribution in [-0.2, 0) is 24.2 Å². The summed E-state index contributed by atoms with van der Waals surface area (Å²) < 4.78 is 1.94. The van der Waals surface area contributed by atoms with Crippen molar-refractivity contribution in [2.75, 3.05) is 0 Å². The number of nitrogens with zero attached hydrogens (tertiary/aromatic N) is 2. The smallest absolute Gasteiger partial charge is 0.306 e. The van der Waals surface area contributed by atoms with Gasteiger partial charge >= 0.3 is 5.97 Å². The molecule has 0 saturated carbocycles. The molecule has 2 atom stereocenters. The van der Waals surface area contributed by atoms with Crippen molar-refractivity contribution in [1.82, 2.24) is 9.78 Å². The monoisotopic (exact) mass is 222 g/mol. The van der Waals surface area contributed by atoms with Gasteiger partial charge in [-0.3, -0.25) is 9.48 Å². The molecule has 0 aromatic carbocycles. The summed E-state index contributed by atoms with van der Waals surface area (Å²) in [4.78, 5) is 10.9. The third kappa shape index (κ3) is 1.96. The quantitative estimate of drug-likeness (QED) is 0.847. The van der Waals surface area contributed by atoms with Gasteiger partial charge in [-0.2, -0.15) is 5.10 Å². The van der Waals surface area contributed by atoms with Gasteiger partial charge in [0, 0.05) is 12.7 Å². The first-order valence-corrected chi connectivity index (χ1v) is 5.89. The van der Waals surface area contributed by atoms with Crippen LogP contribution in [0.4, 0.5) is 0 Å². The summed E-state index contributed by atoms with van der Waals surface area (Å²) in [6.07, 6.45) is 4.85. The SMILES string of the molecule is CCn1cc2c(n1)CC(C(C)C(=O)O)CC2. The lowest BCUT2D eigenvalue weighted by Crippen LogP contribution is -2.26. The zero-order valence-corrected chi connectivity index (χ0v) is 9.81. The summed E-state index contributed by atoms with van der Waals surface area (Å²) in [5, 5.41) is 13.5. The predicted octanol–water partition coefficient (Wildman–Crippen LogP) is 1.73. The van der Waals surface area contributed by atoms with Crippen LogP contribution in [-0.4, -0.2) is 20.9 Å². The zero-order chi connectivity index (χ0) is 11.7. The lowest BCUT2D eigenvalue weighted by molar-refractivity contribution is -0.143. The Morgan fingerprint density at radius 1 is 1.75 bits per heavy atom. The van der Waals surface area contributed by atoms with Crippen LogP contribution < -0.4 is 0 Å². The van der Waals surface area contributed by atoms with Gasteiger partial charge in [0.05, 0.1) is 11.6 Å². The first-order valence-electron chi connectivity index (χ1n) is 5.89. The Morgan fingerprint density at radius 2 is 2.50 bits per heavy atom. The van der Waals surface area contributed by atoms with Crippen molar-refractivity contribution in [3.63, 3.8) is 0 Å². The maximum atomic E-state index is 10.9. The topological polar surface area (TPSA) is 55.1 Å². The van der Waals surface area contributed by atoms with Crippen molar-refractivity contribution >= 4 is 5.97 Å². The van der Waals surface area contributed by atoms with Crippen molar-refractivity contribution in [3.8, 4) is 0 Å². The molecule has 1 N–H and O–H groups in total. The normalized spacial score (nSPS) is 21.5. The maximum Gasteiger partial charge on any atom is 0.306 e. The van der Waals surface area contributed by atoms with E-state index in [0.29, 0.717) is 0 Å². The van der Waals surface area contributed by atoms with Crippen molar-refractivity contribution in [1.29, 1.82) is 0 Å². The van der Waals surface area contributed by atoms with Crippen molar-refractivity contribution in [2.24, 2.45) is 11.8 Å². The number of carboxylic acid groups (broad SMARTS) is 1. The number of fused-ring (bicyclic) bond motifs is 1. The average molecular weight is 222 g/mol. The molecule has 1 aliphatic carbocycles. The molecule has 16 heavy (non-hydrogen) atoms. The zero-order valence-electron chi connectivity index (χ0n) is 9.81. The molecule has 88 valence electrons. The number of carboxylic acids is 1. The van der Waals surface area contributed by atoms with E-state index in [1.54, 1.807) is 6.92 Å². The number of rotatable bonds is 3. The second-order valence-electron chi connectivity index (χ2n) is 4.59. The molecule has 0 amide bonds. The molecular formula is C12H18N2O2. The molecule has 2 rings (SSSR count). The van der Waals surface area contributed by atoms with Crippen LogP contribution >= 0.6 is 0 Å². The van der Waals surface area contributed by atoms with E-state index in [4.69, 9.17) is 5.11 Å². The highest BCUT2D eigenvalue weighted by atomic mass is 16.4. The van der Waals surface area contributed by atoms with E-state index in [9.17, 15) is 4.79 Å². The highest BCUT2D eigenvalue weighted by molar-refractivity contribution is 5.70. The molecule has 0 radical (unpaired) electrons. The fraction of sp³-hybridized carbons (Fsp3) is 0.667. The molecule has 4 nitrogen and oxygen atoms in total. The second kappa shape index (κ2) is 4.28. The number of aliphatic carboxylic acids is 1. The van der Waals surface area contributed by atoms with Gasteiger partial charge in [-0.15, -0.1) is 0 Å².